The minimum Gasteiger partial charge on any atom is -0.481 e. The van der Waals surface area contributed by atoms with Crippen LogP contribution in [-0.4, -0.2) is 54.9 Å². The van der Waals surface area contributed by atoms with Crippen molar-refractivity contribution in [1.82, 2.24) is 10.2 Å². The Morgan fingerprint density at radius 1 is 1.53 bits per heavy atom. The van der Waals surface area contributed by atoms with E-state index in [1.165, 1.54) is 0 Å². The molecule has 1 aliphatic heterocycles. The van der Waals surface area contributed by atoms with Crippen LogP contribution in [0.15, 0.2) is 0 Å². The fraction of sp³-hybridized carbons (Fsp3) is 0.846. The highest BCUT2D eigenvalue weighted by Crippen LogP contribution is 2.16. The number of methoxy groups -OCH3 is 1. The van der Waals surface area contributed by atoms with Crippen LogP contribution >= 0.6 is 0 Å². The molecule has 0 aromatic carbocycles. The van der Waals surface area contributed by atoms with Gasteiger partial charge in [0.15, 0.2) is 0 Å². The van der Waals surface area contributed by atoms with Gasteiger partial charge in [-0.3, -0.25) is 4.79 Å². The summed E-state index contributed by atoms with van der Waals surface area (Å²) < 4.78 is 5.08. The van der Waals surface area contributed by atoms with Gasteiger partial charge in [0.1, 0.15) is 0 Å². The zero-order valence-corrected chi connectivity index (χ0v) is 11.7. The first-order valence-electron chi connectivity index (χ1n) is 6.85. The molecule has 1 aliphatic rings. The molecule has 0 spiro atoms. The molecule has 0 aromatic rings. The Hall–Kier alpha value is -1.30. The van der Waals surface area contributed by atoms with E-state index < -0.39 is 11.9 Å². The number of nitrogens with one attached hydrogen (secondary N) is 1. The van der Waals surface area contributed by atoms with E-state index in [0.717, 1.165) is 19.3 Å². The molecule has 0 aliphatic carbocycles. The lowest BCUT2D eigenvalue weighted by Gasteiger charge is -2.32. The maximum atomic E-state index is 12.1. The number of carboxylic acid groups (broad SMARTS) is 1. The average Bonchev–Trinajstić information content (AvgIpc) is 2.39. The SMILES string of the molecule is CCCC(COC)NC(=O)N1CCC[C@@H](C(=O)O)C1. The second-order valence-electron chi connectivity index (χ2n) is 5.01. The van der Waals surface area contributed by atoms with Crippen molar-refractivity contribution in [2.24, 2.45) is 5.92 Å². The summed E-state index contributed by atoms with van der Waals surface area (Å²) in [6.45, 7) is 3.46. The molecule has 0 radical (unpaired) electrons. The number of rotatable bonds is 6. The van der Waals surface area contributed by atoms with Gasteiger partial charge >= 0.3 is 12.0 Å². The number of urea groups is 1. The van der Waals surface area contributed by atoms with E-state index in [1.54, 1.807) is 12.0 Å². The molecule has 0 saturated carbocycles. The van der Waals surface area contributed by atoms with Crippen LogP contribution in [0.4, 0.5) is 4.79 Å². The first-order chi connectivity index (χ1) is 9.08. The predicted molar refractivity (Wildman–Crippen MR) is 71.0 cm³/mol. The fourth-order valence-corrected chi connectivity index (χ4v) is 2.38. The summed E-state index contributed by atoms with van der Waals surface area (Å²) in [4.78, 5) is 24.7. The second-order valence-corrected chi connectivity index (χ2v) is 5.01. The third-order valence-electron chi connectivity index (χ3n) is 3.39. The molecule has 1 saturated heterocycles. The van der Waals surface area contributed by atoms with Crippen LogP contribution in [-0.2, 0) is 9.53 Å². The summed E-state index contributed by atoms with van der Waals surface area (Å²) in [5.41, 5.74) is 0. The first kappa shape index (κ1) is 15.8. The van der Waals surface area contributed by atoms with Crippen LogP contribution < -0.4 is 5.32 Å². The number of carboxylic acids is 1. The van der Waals surface area contributed by atoms with Gasteiger partial charge < -0.3 is 20.1 Å². The smallest absolute Gasteiger partial charge is 0.317 e. The zero-order valence-electron chi connectivity index (χ0n) is 11.7. The van der Waals surface area contributed by atoms with E-state index in [0.29, 0.717) is 26.1 Å². The van der Waals surface area contributed by atoms with Crippen molar-refractivity contribution in [1.29, 1.82) is 0 Å². The number of hydrogen-bond acceptors (Lipinski definition) is 3. The molecule has 19 heavy (non-hydrogen) atoms. The Kier molecular flexibility index (Phi) is 6.62. The van der Waals surface area contributed by atoms with Crippen molar-refractivity contribution >= 4 is 12.0 Å². The van der Waals surface area contributed by atoms with Gasteiger partial charge in [0.25, 0.3) is 0 Å². The number of aliphatic carboxylic acids is 1. The molecule has 0 aromatic heterocycles. The third kappa shape index (κ3) is 5.06. The molecule has 2 atom stereocenters. The Morgan fingerprint density at radius 3 is 2.84 bits per heavy atom. The second kappa shape index (κ2) is 7.99. The highest BCUT2D eigenvalue weighted by Gasteiger charge is 2.28. The number of hydrogen-bond donors (Lipinski definition) is 2. The Balaban J connectivity index is 2.49. The van der Waals surface area contributed by atoms with Gasteiger partial charge in [-0.05, 0) is 19.3 Å². The fourth-order valence-electron chi connectivity index (χ4n) is 2.38. The van der Waals surface area contributed by atoms with Crippen LogP contribution in [0.3, 0.4) is 0 Å². The summed E-state index contributed by atoms with van der Waals surface area (Å²) in [7, 11) is 1.61. The third-order valence-corrected chi connectivity index (χ3v) is 3.39. The lowest BCUT2D eigenvalue weighted by Crippen LogP contribution is -2.50. The number of ether oxygens (including phenoxy) is 1. The number of piperidine rings is 1. The van der Waals surface area contributed by atoms with E-state index in [4.69, 9.17) is 9.84 Å². The van der Waals surface area contributed by atoms with E-state index in [9.17, 15) is 9.59 Å². The lowest BCUT2D eigenvalue weighted by atomic mass is 9.99. The topological polar surface area (TPSA) is 78.9 Å². The summed E-state index contributed by atoms with van der Waals surface area (Å²) in [5, 5.41) is 11.9. The number of nitrogens with zero attached hydrogens (tertiary/aromatic N) is 1. The number of amides is 2. The number of carbonyl (C=O) groups excluding carboxylic acids is 1. The monoisotopic (exact) mass is 272 g/mol. The molecule has 2 amide bonds. The number of likely N-dealkylation sites (tertiary alicyclic amines) is 1. The molecule has 110 valence electrons. The molecular formula is C13H24N2O4. The standard InChI is InChI=1S/C13H24N2O4/c1-3-5-11(9-19-2)14-13(18)15-7-4-6-10(8-15)12(16)17/h10-11H,3-9H2,1-2H3,(H,14,18)(H,16,17)/t10-,11?/m1/s1. The van der Waals surface area contributed by atoms with Crippen molar-refractivity contribution in [2.45, 2.75) is 38.6 Å². The van der Waals surface area contributed by atoms with Crippen LogP contribution in [0, 0.1) is 5.92 Å². The largest absolute Gasteiger partial charge is 0.481 e. The van der Waals surface area contributed by atoms with Crippen molar-refractivity contribution in [3.63, 3.8) is 0 Å². The quantitative estimate of drug-likeness (QED) is 0.764. The van der Waals surface area contributed by atoms with Gasteiger partial charge in [-0.15, -0.1) is 0 Å². The van der Waals surface area contributed by atoms with Gasteiger partial charge in [0, 0.05) is 20.2 Å². The van der Waals surface area contributed by atoms with Crippen molar-refractivity contribution in [2.75, 3.05) is 26.8 Å². The molecule has 1 fully saturated rings. The molecule has 1 unspecified atom stereocenters. The zero-order chi connectivity index (χ0) is 14.3. The van der Waals surface area contributed by atoms with Crippen LogP contribution in [0.2, 0.25) is 0 Å². The highest BCUT2D eigenvalue weighted by molar-refractivity contribution is 5.76. The molecule has 1 rings (SSSR count). The van der Waals surface area contributed by atoms with Gasteiger partial charge in [0.2, 0.25) is 0 Å². The predicted octanol–water partition coefficient (Wildman–Crippen LogP) is 1.31. The van der Waals surface area contributed by atoms with Gasteiger partial charge in [0.05, 0.1) is 18.6 Å². The molecule has 6 nitrogen and oxygen atoms in total. The molecular weight excluding hydrogens is 248 g/mol. The summed E-state index contributed by atoms with van der Waals surface area (Å²) >= 11 is 0. The molecule has 6 heteroatoms. The van der Waals surface area contributed by atoms with Crippen LogP contribution in [0.25, 0.3) is 0 Å². The Labute approximate surface area is 114 Å². The first-order valence-corrected chi connectivity index (χ1v) is 6.85. The Bertz CT molecular complexity index is 303. The maximum Gasteiger partial charge on any atom is 0.317 e. The molecule has 1 heterocycles. The van der Waals surface area contributed by atoms with Crippen molar-refractivity contribution in [3.05, 3.63) is 0 Å². The van der Waals surface area contributed by atoms with E-state index >= 15 is 0 Å². The van der Waals surface area contributed by atoms with Crippen molar-refractivity contribution in [3.8, 4) is 0 Å². The maximum absolute atomic E-state index is 12.1. The highest BCUT2D eigenvalue weighted by atomic mass is 16.5. The summed E-state index contributed by atoms with van der Waals surface area (Å²) in [6.07, 6.45) is 3.21. The van der Waals surface area contributed by atoms with E-state index in [-0.39, 0.29) is 12.1 Å². The minimum atomic E-state index is -0.820. The summed E-state index contributed by atoms with van der Waals surface area (Å²) in [5.74, 6) is -1.26. The van der Waals surface area contributed by atoms with Crippen LogP contribution in [0.1, 0.15) is 32.6 Å². The lowest BCUT2D eigenvalue weighted by molar-refractivity contribution is -0.143. The van der Waals surface area contributed by atoms with Gasteiger partial charge in [-0.2, -0.15) is 0 Å². The van der Waals surface area contributed by atoms with E-state index in [1.807, 2.05) is 0 Å². The normalized spacial score (nSPS) is 20.9. The number of carbonyl (C=O) groups is 2. The summed E-state index contributed by atoms with van der Waals surface area (Å²) in [6, 6.07) is -0.186. The van der Waals surface area contributed by atoms with Crippen molar-refractivity contribution < 1.29 is 19.4 Å². The molecule has 0 bridgehead atoms. The van der Waals surface area contributed by atoms with E-state index in [2.05, 4.69) is 12.2 Å². The van der Waals surface area contributed by atoms with Gasteiger partial charge in [-0.1, -0.05) is 13.3 Å². The Morgan fingerprint density at radius 2 is 2.26 bits per heavy atom. The minimum absolute atomic E-state index is 0.00676. The average molecular weight is 272 g/mol. The van der Waals surface area contributed by atoms with Crippen LogP contribution in [0.5, 0.6) is 0 Å². The molecule has 2 N–H and O–H groups in total. The van der Waals surface area contributed by atoms with Gasteiger partial charge in [-0.25, -0.2) is 4.79 Å².